The van der Waals surface area contributed by atoms with Crippen molar-refractivity contribution in [3.8, 4) is 61.3 Å². The predicted octanol–water partition coefficient (Wildman–Crippen LogP) is 19.2. The third kappa shape index (κ3) is 9.04. The van der Waals surface area contributed by atoms with Gasteiger partial charge in [-0.15, -0.1) is 0 Å². The smallest absolute Gasteiger partial charge is 0.0543 e. The first-order valence-electron chi connectivity index (χ1n) is 24.8. The molecule has 0 saturated heterocycles. The normalized spacial score (nSPS) is 11.8. The summed E-state index contributed by atoms with van der Waals surface area (Å²) in [4.78, 5) is 0. The van der Waals surface area contributed by atoms with E-state index in [2.05, 4.69) is 293 Å². The van der Waals surface area contributed by atoms with Crippen LogP contribution in [-0.2, 0) is 10.8 Å². The number of benzene rings is 10. The molecule has 11 aromatic rings. The number of rotatable bonds is 10. The lowest BCUT2D eigenvalue weighted by Crippen LogP contribution is -2.12. The lowest BCUT2D eigenvalue weighted by atomic mass is 9.82. The third-order valence-electron chi connectivity index (χ3n) is 13.8. The van der Waals surface area contributed by atoms with Crippen molar-refractivity contribution in [1.29, 1.82) is 0 Å². The molecule has 0 saturated carbocycles. The molecule has 0 aliphatic heterocycles. The average molecular weight is 918 g/mol. The van der Waals surface area contributed by atoms with Crippen molar-refractivity contribution in [2.45, 2.75) is 52.4 Å². The molecule has 11 rings (SSSR count). The van der Waals surface area contributed by atoms with E-state index in [0.29, 0.717) is 0 Å². The molecule has 0 amide bonds. The number of nitrogens with one attached hydrogen (secondary N) is 2. The lowest BCUT2D eigenvalue weighted by molar-refractivity contribution is 0.590. The summed E-state index contributed by atoms with van der Waals surface area (Å²) in [7, 11) is 0. The summed E-state index contributed by atoms with van der Waals surface area (Å²) in [5.41, 5.74) is 21.4. The van der Waals surface area contributed by atoms with Crippen LogP contribution >= 0.6 is 0 Å². The zero-order chi connectivity index (χ0) is 48.7. The van der Waals surface area contributed by atoms with E-state index in [9.17, 15) is 0 Å². The van der Waals surface area contributed by atoms with Gasteiger partial charge >= 0.3 is 0 Å². The van der Waals surface area contributed by atoms with E-state index in [0.717, 1.165) is 84.1 Å². The fraction of sp³-hybridized carbons (Fsp3) is 0.118. The van der Waals surface area contributed by atoms with E-state index in [4.69, 9.17) is 0 Å². The minimum atomic E-state index is -0.0830. The minimum absolute atomic E-state index is 0.0830. The van der Waals surface area contributed by atoms with E-state index in [1.807, 2.05) is 0 Å². The van der Waals surface area contributed by atoms with Gasteiger partial charge < -0.3 is 15.2 Å². The van der Waals surface area contributed by atoms with Crippen LogP contribution in [0.25, 0.3) is 83.1 Å². The van der Waals surface area contributed by atoms with E-state index in [1.165, 1.54) is 32.9 Å². The molecule has 0 bridgehead atoms. The van der Waals surface area contributed by atoms with Gasteiger partial charge in [-0.3, -0.25) is 0 Å². The highest BCUT2D eigenvalue weighted by Gasteiger charge is 2.24. The van der Waals surface area contributed by atoms with Crippen LogP contribution < -0.4 is 10.6 Å². The number of fused-ring (bicyclic) bond motifs is 3. The Morgan fingerprint density at radius 2 is 0.662 bits per heavy atom. The second-order valence-electron chi connectivity index (χ2n) is 20.8. The van der Waals surface area contributed by atoms with Gasteiger partial charge in [-0.05, 0) is 128 Å². The molecule has 0 spiro atoms. The summed E-state index contributed by atoms with van der Waals surface area (Å²) >= 11 is 0. The Bertz CT molecular complexity index is 3390. The van der Waals surface area contributed by atoms with E-state index >= 15 is 0 Å². The van der Waals surface area contributed by atoms with E-state index in [-0.39, 0.29) is 10.8 Å². The highest BCUT2D eigenvalue weighted by atomic mass is 15.0. The summed E-state index contributed by atoms with van der Waals surface area (Å²) in [6, 6.07) is 86.2. The van der Waals surface area contributed by atoms with Gasteiger partial charge in [0.2, 0.25) is 0 Å². The van der Waals surface area contributed by atoms with Crippen LogP contribution in [-0.4, -0.2) is 4.57 Å². The summed E-state index contributed by atoms with van der Waals surface area (Å²) in [5.74, 6) is 0. The van der Waals surface area contributed by atoms with Crippen LogP contribution in [0.1, 0.15) is 52.7 Å². The number of nitrogens with zero attached hydrogens (tertiary/aromatic N) is 1. The molecule has 3 nitrogen and oxygen atoms in total. The highest BCUT2D eigenvalue weighted by molar-refractivity contribution is 6.10. The predicted molar refractivity (Wildman–Crippen MR) is 305 cm³/mol. The highest BCUT2D eigenvalue weighted by Crippen LogP contribution is 2.46. The van der Waals surface area contributed by atoms with Crippen molar-refractivity contribution < 1.29 is 0 Å². The second kappa shape index (κ2) is 18.5. The molecular formula is C68H59N3. The average Bonchev–Trinajstić information content (AvgIpc) is 3.73. The molecule has 3 heteroatoms. The van der Waals surface area contributed by atoms with E-state index in [1.54, 1.807) is 0 Å². The van der Waals surface area contributed by atoms with Crippen LogP contribution in [0.4, 0.5) is 22.7 Å². The molecule has 0 atom stereocenters. The van der Waals surface area contributed by atoms with Gasteiger partial charge in [-0.25, -0.2) is 0 Å². The first kappa shape index (κ1) is 45.1. The lowest BCUT2D eigenvalue weighted by Gasteiger charge is -2.26. The Labute approximate surface area is 419 Å². The molecule has 346 valence electrons. The van der Waals surface area contributed by atoms with Gasteiger partial charge in [0.1, 0.15) is 0 Å². The fourth-order valence-corrected chi connectivity index (χ4v) is 10.0. The first-order valence-corrected chi connectivity index (χ1v) is 24.8. The summed E-state index contributed by atoms with van der Waals surface area (Å²) in [5, 5.41) is 10.7. The summed E-state index contributed by atoms with van der Waals surface area (Å²) in [6.07, 6.45) is 0. The maximum Gasteiger partial charge on any atom is 0.0543 e. The molecule has 71 heavy (non-hydrogen) atoms. The van der Waals surface area contributed by atoms with Crippen LogP contribution in [0, 0.1) is 0 Å². The SMILES string of the molecule is CC(C)(C)c1cc(-c2ccccc2)c(Nc2cc(Nc3c(-c4ccccc4)cc(C(C)(C)C)cc3-c3ccccc3)cc(-c3ccc4c(c3)c3ccccc3n4-c3ccccc3)c2)c(-c2ccccc2)c1. The van der Waals surface area contributed by atoms with E-state index < -0.39 is 0 Å². The number of para-hydroxylation sites is 2. The molecule has 0 unspecified atom stereocenters. The fourth-order valence-electron chi connectivity index (χ4n) is 10.0. The van der Waals surface area contributed by atoms with Crippen LogP contribution in [0.3, 0.4) is 0 Å². The number of hydrogen-bond acceptors (Lipinski definition) is 2. The Hall–Kier alpha value is -8.40. The second-order valence-corrected chi connectivity index (χ2v) is 20.8. The van der Waals surface area contributed by atoms with Crippen molar-refractivity contribution >= 4 is 44.6 Å². The zero-order valence-electron chi connectivity index (χ0n) is 41.5. The molecule has 0 aliphatic rings. The minimum Gasteiger partial charge on any atom is -0.354 e. The topological polar surface area (TPSA) is 29.0 Å². The van der Waals surface area contributed by atoms with Crippen LogP contribution in [0.2, 0.25) is 0 Å². The summed E-state index contributed by atoms with van der Waals surface area (Å²) in [6.45, 7) is 13.8. The first-order chi connectivity index (χ1) is 34.5. The molecule has 0 aliphatic carbocycles. The van der Waals surface area contributed by atoms with Gasteiger partial charge in [0, 0.05) is 50.1 Å². The van der Waals surface area contributed by atoms with Gasteiger partial charge in [0.15, 0.2) is 0 Å². The monoisotopic (exact) mass is 917 g/mol. The van der Waals surface area contributed by atoms with Crippen molar-refractivity contribution in [1.82, 2.24) is 4.57 Å². The van der Waals surface area contributed by atoms with Crippen molar-refractivity contribution in [2.75, 3.05) is 10.6 Å². The Balaban J connectivity index is 1.16. The summed E-state index contributed by atoms with van der Waals surface area (Å²) < 4.78 is 2.38. The van der Waals surface area contributed by atoms with Crippen LogP contribution in [0.5, 0.6) is 0 Å². The van der Waals surface area contributed by atoms with Crippen LogP contribution in [0.15, 0.2) is 237 Å². The number of hydrogen-bond donors (Lipinski definition) is 2. The maximum absolute atomic E-state index is 4.12. The molecular weight excluding hydrogens is 859 g/mol. The standard InChI is InChI=1S/C68H59N3/c1-67(2,3)52-41-58(46-24-12-7-13-25-46)65(59(42-52)47-26-14-8-15-27-47)69-54-38-51(50-36-37-64-62(40-50)57-34-22-23-35-63(57)71(64)56-32-20-11-21-33-56)39-55(45-54)70-66-60(48-28-16-9-17-29-48)43-53(68(4,5)6)44-61(66)49-30-18-10-19-31-49/h7-45,69-70H,1-6H3. The Kier molecular flexibility index (Phi) is 11.7. The van der Waals surface area contributed by atoms with Gasteiger partial charge in [0.05, 0.1) is 22.4 Å². The van der Waals surface area contributed by atoms with Crippen molar-refractivity contribution in [3.05, 3.63) is 248 Å². The molecule has 10 aromatic carbocycles. The number of anilines is 4. The van der Waals surface area contributed by atoms with Crippen molar-refractivity contribution in [3.63, 3.8) is 0 Å². The quantitative estimate of drug-likeness (QED) is 0.143. The largest absolute Gasteiger partial charge is 0.354 e. The molecule has 2 N–H and O–H groups in total. The molecule has 0 fully saturated rings. The van der Waals surface area contributed by atoms with Gasteiger partial charge in [-0.1, -0.05) is 205 Å². The molecule has 1 heterocycles. The number of aromatic nitrogens is 1. The van der Waals surface area contributed by atoms with Gasteiger partial charge in [0.25, 0.3) is 0 Å². The maximum atomic E-state index is 4.12. The third-order valence-corrected chi connectivity index (χ3v) is 13.8. The molecule has 0 radical (unpaired) electrons. The van der Waals surface area contributed by atoms with Gasteiger partial charge in [-0.2, -0.15) is 0 Å². The Morgan fingerprint density at radius 1 is 0.296 bits per heavy atom. The van der Waals surface area contributed by atoms with Crippen molar-refractivity contribution in [2.24, 2.45) is 0 Å². The Morgan fingerprint density at radius 3 is 1.07 bits per heavy atom. The molecule has 1 aromatic heterocycles. The zero-order valence-corrected chi connectivity index (χ0v) is 41.5.